The number of nitrogens with zero attached hydrogens (tertiary/aromatic N) is 2. The average Bonchev–Trinajstić information content (AvgIpc) is 3.45. The molecule has 158 valence electrons. The molecular formula is C20H33IN4O3. The van der Waals surface area contributed by atoms with Crippen molar-refractivity contribution >= 4 is 35.8 Å². The minimum absolute atomic E-state index is 0. The van der Waals surface area contributed by atoms with Gasteiger partial charge in [0.25, 0.3) is 0 Å². The number of carbonyl (C=O) groups is 1. The molecule has 3 rings (SSSR count). The van der Waals surface area contributed by atoms with Gasteiger partial charge in [-0.3, -0.25) is 9.79 Å². The lowest BCUT2D eigenvalue weighted by atomic mass is 10.1. The number of halogens is 1. The zero-order chi connectivity index (χ0) is 18.9. The Morgan fingerprint density at radius 2 is 2.18 bits per heavy atom. The Kier molecular flexibility index (Phi) is 10.1. The topological polar surface area (TPSA) is 79.1 Å². The fourth-order valence-electron chi connectivity index (χ4n) is 3.85. The quantitative estimate of drug-likeness (QED) is 0.247. The number of ether oxygens (including phenoxy) is 1. The molecule has 1 saturated heterocycles. The lowest BCUT2D eigenvalue weighted by Crippen LogP contribution is -2.45. The number of carbonyl (C=O) groups excluding carboxylic acids is 1. The summed E-state index contributed by atoms with van der Waals surface area (Å²) in [6.07, 6.45) is 8.06. The summed E-state index contributed by atoms with van der Waals surface area (Å²) in [5, 5.41) is 6.76. The lowest BCUT2D eigenvalue weighted by molar-refractivity contribution is -0.134. The standard InChI is InChI=1S/C20H32N4O3.HI/c1-21-20(22-10-5-12-26-15-18-8-4-13-27-18)23-17-9-11-24(14-17)19(25)16-6-2-3-7-16;/h4,8,13,16-17H,2-3,5-7,9-12,14-15H2,1H3,(H2,21,22,23);1H. The van der Waals surface area contributed by atoms with Gasteiger partial charge in [-0.15, -0.1) is 24.0 Å². The fraction of sp³-hybridized carbons (Fsp3) is 0.700. The van der Waals surface area contributed by atoms with E-state index in [0.717, 1.165) is 57.0 Å². The highest BCUT2D eigenvalue weighted by Crippen LogP contribution is 2.27. The monoisotopic (exact) mass is 504 g/mol. The molecule has 0 radical (unpaired) electrons. The first-order valence-corrected chi connectivity index (χ1v) is 10.1. The molecule has 2 heterocycles. The smallest absolute Gasteiger partial charge is 0.225 e. The Hall–Kier alpha value is -1.29. The summed E-state index contributed by atoms with van der Waals surface area (Å²) in [4.78, 5) is 18.9. The third kappa shape index (κ3) is 6.95. The maximum Gasteiger partial charge on any atom is 0.225 e. The van der Waals surface area contributed by atoms with Crippen molar-refractivity contribution in [2.45, 2.75) is 51.2 Å². The summed E-state index contributed by atoms with van der Waals surface area (Å²) >= 11 is 0. The highest BCUT2D eigenvalue weighted by Gasteiger charge is 2.32. The first-order chi connectivity index (χ1) is 13.3. The second-order valence-corrected chi connectivity index (χ2v) is 7.38. The van der Waals surface area contributed by atoms with Crippen LogP contribution in [0.3, 0.4) is 0 Å². The molecule has 2 N–H and O–H groups in total. The summed E-state index contributed by atoms with van der Waals surface area (Å²) in [5.41, 5.74) is 0. The highest BCUT2D eigenvalue weighted by molar-refractivity contribution is 14.0. The van der Waals surface area contributed by atoms with Crippen LogP contribution in [0.1, 0.15) is 44.3 Å². The van der Waals surface area contributed by atoms with Gasteiger partial charge < -0.3 is 24.7 Å². The first-order valence-electron chi connectivity index (χ1n) is 10.1. The van der Waals surface area contributed by atoms with Crippen molar-refractivity contribution in [2.75, 3.05) is 33.3 Å². The van der Waals surface area contributed by atoms with Gasteiger partial charge in [-0.2, -0.15) is 0 Å². The molecule has 0 bridgehead atoms. The van der Waals surface area contributed by atoms with Gasteiger partial charge >= 0.3 is 0 Å². The molecule has 1 atom stereocenters. The van der Waals surface area contributed by atoms with E-state index in [1.807, 2.05) is 17.0 Å². The molecule has 1 aromatic rings. The van der Waals surface area contributed by atoms with Gasteiger partial charge in [-0.05, 0) is 37.8 Å². The normalized spacial score (nSPS) is 20.2. The number of likely N-dealkylation sites (tertiary alicyclic amines) is 1. The summed E-state index contributed by atoms with van der Waals surface area (Å²) in [7, 11) is 1.78. The average molecular weight is 504 g/mol. The van der Waals surface area contributed by atoms with E-state index >= 15 is 0 Å². The molecule has 2 fully saturated rings. The van der Waals surface area contributed by atoms with E-state index in [0.29, 0.717) is 19.1 Å². The van der Waals surface area contributed by atoms with Crippen molar-refractivity contribution in [2.24, 2.45) is 10.9 Å². The van der Waals surface area contributed by atoms with Gasteiger partial charge in [0.05, 0.1) is 6.26 Å². The van der Waals surface area contributed by atoms with E-state index in [2.05, 4.69) is 15.6 Å². The number of amides is 1. The van der Waals surface area contributed by atoms with Crippen LogP contribution in [0.25, 0.3) is 0 Å². The summed E-state index contributed by atoms with van der Waals surface area (Å²) in [5.74, 6) is 2.26. The molecule has 1 amide bonds. The number of hydrogen-bond acceptors (Lipinski definition) is 4. The van der Waals surface area contributed by atoms with Crippen LogP contribution in [0.4, 0.5) is 0 Å². The molecule has 1 aliphatic carbocycles. The van der Waals surface area contributed by atoms with Gasteiger partial charge in [-0.1, -0.05) is 12.8 Å². The maximum absolute atomic E-state index is 12.5. The molecule has 0 spiro atoms. The molecule has 2 aliphatic rings. The Morgan fingerprint density at radius 1 is 1.36 bits per heavy atom. The third-order valence-corrected chi connectivity index (χ3v) is 5.35. The van der Waals surface area contributed by atoms with Crippen molar-refractivity contribution in [3.05, 3.63) is 24.2 Å². The Labute approximate surface area is 184 Å². The number of guanidine groups is 1. The molecule has 1 aliphatic heterocycles. The Balaban J connectivity index is 0.00000280. The van der Waals surface area contributed by atoms with Crippen LogP contribution in [0.2, 0.25) is 0 Å². The second-order valence-electron chi connectivity index (χ2n) is 7.38. The predicted molar refractivity (Wildman–Crippen MR) is 120 cm³/mol. The number of aliphatic imine (C=N–C) groups is 1. The van der Waals surface area contributed by atoms with Crippen molar-refractivity contribution in [3.63, 3.8) is 0 Å². The molecule has 28 heavy (non-hydrogen) atoms. The van der Waals surface area contributed by atoms with Crippen LogP contribution < -0.4 is 10.6 Å². The first kappa shape index (κ1) is 23.0. The SMILES string of the molecule is CN=C(NCCCOCc1ccco1)NC1CCN(C(=O)C2CCCC2)C1.I. The fourth-order valence-corrected chi connectivity index (χ4v) is 3.85. The summed E-state index contributed by atoms with van der Waals surface area (Å²) in [6, 6.07) is 4.05. The van der Waals surface area contributed by atoms with Gasteiger partial charge in [-0.25, -0.2) is 0 Å². The molecular weight excluding hydrogens is 471 g/mol. The van der Waals surface area contributed by atoms with Crippen molar-refractivity contribution in [3.8, 4) is 0 Å². The van der Waals surface area contributed by atoms with Crippen LogP contribution in [-0.4, -0.2) is 56.1 Å². The van der Waals surface area contributed by atoms with Crippen LogP contribution in [0.5, 0.6) is 0 Å². The predicted octanol–water partition coefficient (Wildman–Crippen LogP) is 2.76. The molecule has 1 saturated carbocycles. The van der Waals surface area contributed by atoms with E-state index < -0.39 is 0 Å². The summed E-state index contributed by atoms with van der Waals surface area (Å²) in [6.45, 7) is 3.59. The number of nitrogens with one attached hydrogen (secondary N) is 2. The highest BCUT2D eigenvalue weighted by atomic mass is 127. The third-order valence-electron chi connectivity index (χ3n) is 5.35. The number of rotatable bonds is 8. The van der Waals surface area contributed by atoms with Gasteiger partial charge in [0.15, 0.2) is 5.96 Å². The molecule has 8 heteroatoms. The molecule has 7 nitrogen and oxygen atoms in total. The minimum atomic E-state index is 0. The number of furan rings is 1. The van der Waals surface area contributed by atoms with Crippen LogP contribution >= 0.6 is 24.0 Å². The van der Waals surface area contributed by atoms with Gasteiger partial charge in [0.1, 0.15) is 12.4 Å². The van der Waals surface area contributed by atoms with E-state index in [-0.39, 0.29) is 35.9 Å². The van der Waals surface area contributed by atoms with Gasteiger partial charge in [0, 0.05) is 45.2 Å². The second kappa shape index (κ2) is 12.3. The van der Waals surface area contributed by atoms with E-state index in [1.54, 1.807) is 13.3 Å². The van der Waals surface area contributed by atoms with Crippen LogP contribution in [0, 0.1) is 5.92 Å². The largest absolute Gasteiger partial charge is 0.467 e. The van der Waals surface area contributed by atoms with Crippen molar-refractivity contribution < 1.29 is 13.9 Å². The molecule has 1 unspecified atom stereocenters. The zero-order valence-corrected chi connectivity index (χ0v) is 19.0. The van der Waals surface area contributed by atoms with E-state index in [9.17, 15) is 4.79 Å². The molecule has 1 aromatic heterocycles. The molecule has 0 aromatic carbocycles. The van der Waals surface area contributed by atoms with E-state index in [4.69, 9.17) is 9.15 Å². The van der Waals surface area contributed by atoms with Crippen molar-refractivity contribution in [1.82, 2.24) is 15.5 Å². The van der Waals surface area contributed by atoms with Gasteiger partial charge in [0.2, 0.25) is 5.91 Å². The maximum atomic E-state index is 12.5. The van der Waals surface area contributed by atoms with Crippen LogP contribution in [-0.2, 0) is 16.1 Å². The Morgan fingerprint density at radius 3 is 2.89 bits per heavy atom. The van der Waals surface area contributed by atoms with Crippen molar-refractivity contribution in [1.29, 1.82) is 0 Å². The Bertz CT molecular complexity index is 603. The summed E-state index contributed by atoms with van der Waals surface area (Å²) < 4.78 is 10.8. The lowest BCUT2D eigenvalue weighted by Gasteiger charge is -2.21. The van der Waals surface area contributed by atoms with E-state index in [1.165, 1.54) is 12.8 Å². The minimum Gasteiger partial charge on any atom is -0.467 e. The van der Waals surface area contributed by atoms with Crippen LogP contribution in [0.15, 0.2) is 27.8 Å². The number of hydrogen-bond donors (Lipinski definition) is 2. The zero-order valence-electron chi connectivity index (χ0n) is 16.7.